The van der Waals surface area contributed by atoms with E-state index in [9.17, 15) is 0 Å². The fourth-order valence-corrected chi connectivity index (χ4v) is 3.27. The van der Waals surface area contributed by atoms with Crippen molar-refractivity contribution < 1.29 is 0 Å². The minimum Gasteiger partial charge on any atom is -0.0651 e. The maximum atomic E-state index is 2.50. The Kier molecular flexibility index (Phi) is 4.67. The summed E-state index contributed by atoms with van der Waals surface area (Å²) in [4.78, 5) is 0. The maximum Gasteiger partial charge on any atom is -0.0357 e. The van der Waals surface area contributed by atoms with Crippen molar-refractivity contribution in [2.24, 2.45) is 35.5 Å². The van der Waals surface area contributed by atoms with Gasteiger partial charge in [0.25, 0.3) is 0 Å². The van der Waals surface area contributed by atoms with Gasteiger partial charge in [0.05, 0.1) is 0 Å². The molecule has 1 fully saturated rings. The van der Waals surface area contributed by atoms with Crippen molar-refractivity contribution in [3.05, 3.63) is 0 Å². The molecule has 5 atom stereocenters. The highest BCUT2D eigenvalue weighted by Gasteiger charge is 2.37. The van der Waals surface area contributed by atoms with Gasteiger partial charge in [-0.1, -0.05) is 48.0 Å². The number of rotatable bonds is 5. The highest BCUT2D eigenvalue weighted by atomic mass is 14.4. The van der Waals surface area contributed by atoms with Crippen molar-refractivity contribution in [1.82, 2.24) is 0 Å². The second-order valence-corrected chi connectivity index (χ2v) is 6.23. The monoisotopic (exact) mass is 210 g/mol. The molecule has 0 radical (unpaired) electrons. The van der Waals surface area contributed by atoms with Crippen LogP contribution in [0.1, 0.15) is 60.8 Å². The van der Waals surface area contributed by atoms with Crippen LogP contribution in [0.3, 0.4) is 0 Å². The lowest BCUT2D eigenvalue weighted by molar-refractivity contribution is 0.0533. The molecular weight excluding hydrogens is 180 g/mol. The smallest absolute Gasteiger partial charge is 0.0357 e. The van der Waals surface area contributed by atoms with Crippen LogP contribution in [0.25, 0.3) is 0 Å². The second-order valence-electron chi connectivity index (χ2n) is 6.23. The summed E-state index contributed by atoms with van der Waals surface area (Å²) in [6, 6.07) is 0. The third-order valence-corrected chi connectivity index (χ3v) is 5.39. The minimum absolute atomic E-state index is 0.836. The molecule has 0 nitrogen and oxygen atoms in total. The molecule has 0 N–H and O–H groups in total. The first-order valence-corrected chi connectivity index (χ1v) is 6.99. The highest BCUT2D eigenvalue weighted by molar-refractivity contribution is 4.86. The van der Waals surface area contributed by atoms with Crippen molar-refractivity contribution in [2.75, 3.05) is 0 Å². The molecule has 15 heavy (non-hydrogen) atoms. The second kappa shape index (κ2) is 5.37. The van der Waals surface area contributed by atoms with Crippen LogP contribution in [0.2, 0.25) is 0 Å². The van der Waals surface area contributed by atoms with Gasteiger partial charge < -0.3 is 0 Å². The number of hydrogen-bond acceptors (Lipinski definition) is 0. The molecule has 1 aliphatic carbocycles. The normalized spacial score (nSPS) is 32.2. The maximum absolute atomic E-state index is 2.50. The Morgan fingerprint density at radius 2 is 1.53 bits per heavy atom. The van der Waals surface area contributed by atoms with Crippen molar-refractivity contribution in [3.8, 4) is 0 Å². The van der Waals surface area contributed by atoms with Gasteiger partial charge in [0.15, 0.2) is 0 Å². The summed E-state index contributed by atoms with van der Waals surface area (Å²) in [7, 11) is 0. The van der Waals surface area contributed by atoms with E-state index in [-0.39, 0.29) is 0 Å². The molecule has 0 spiro atoms. The zero-order valence-electron chi connectivity index (χ0n) is 11.6. The topological polar surface area (TPSA) is 0 Å². The van der Waals surface area contributed by atoms with Gasteiger partial charge in [-0.2, -0.15) is 0 Å². The Labute approximate surface area is 96.8 Å². The fourth-order valence-electron chi connectivity index (χ4n) is 3.27. The van der Waals surface area contributed by atoms with E-state index in [2.05, 4.69) is 41.5 Å². The van der Waals surface area contributed by atoms with Crippen molar-refractivity contribution in [2.45, 2.75) is 60.8 Å². The van der Waals surface area contributed by atoms with E-state index in [0.717, 1.165) is 35.5 Å². The van der Waals surface area contributed by atoms with E-state index in [4.69, 9.17) is 0 Å². The summed E-state index contributed by atoms with van der Waals surface area (Å²) >= 11 is 0. The molecule has 0 aliphatic heterocycles. The van der Waals surface area contributed by atoms with Gasteiger partial charge in [0.2, 0.25) is 0 Å². The van der Waals surface area contributed by atoms with E-state index in [1.54, 1.807) is 0 Å². The standard InChI is InChI=1S/C15H30/c1-7-14-8-9-15(14)13(6)12(5)11(4)10(2)3/h10-15H,7-9H2,1-6H3. The van der Waals surface area contributed by atoms with Gasteiger partial charge in [-0.25, -0.2) is 0 Å². The largest absolute Gasteiger partial charge is 0.0651 e. The third kappa shape index (κ3) is 2.77. The van der Waals surface area contributed by atoms with Crippen LogP contribution >= 0.6 is 0 Å². The zero-order valence-corrected chi connectivity index (χ0v) is 11.6. The molecule has 0 amide bonds. The summed E-state index contributed by atoms with van der Waals surface area (Å²) in [5, 5.41) is 0. The quantitative estimate of drug-likeness (QED) is 0.600. The predicted molar refractivity (Wildman–Crippen MR) is 68.8 cm³/mol. The van der Waals surface area contributed by atoms with Crippen molar-refractivity contribution in [1.29, 1.82) is 0 Å². The molecule has 0 aromatic carbocycles. The van der Waals surface area contributed by atoms with Crippen LogP contribution in [0.15, 0.2) is 0 Å². The number of hydrogen-bond donors (Lipinski definition) is 0. The average Bonchev–Trinajstić information content (AvgIpc) is 2.14. The van der Waals surface area contributed by atoms with Gasteiger partial charge >= 0.3 is 0 Å². The van der Waals surface area contributed by atoms with Crippen molar-refractivity contribution in [3.63, 3.8) is 0 Å². The molecular formula is C15H30. The van der Waals surface area contributed by atoms with Gasteiger partial charge in [-0.15, -0.1) is 0 Å². The fraction of sp³-hybridized carbons (Fsp3) is 1.00. The molecule has 0 aromatic rings. The lowest BCUT2D eigenvalue weighted by atomic mass is 9.61. The van der Waals surface area contributed by atoms with Gasteiger partial charge in [0.1, 0.15) is 0 Å². The minimum atomic E-state index is 0.836. The summed E-state index contributed by atoms with van der Waals surface area (Å²) in [5.74, 6) is 5.61. The molecule has 1 rings (SSSR count). The summed E-state index contributed by atoms with van der Waals surface area (Å²) < 4.78 is 0. The molecule has 0 heteroatoms. The van der Waals surface area contributed by atoms with Crippen LogP contribution in [-0.4, -0.2) is 0 Å². The average molecular weight is 210 g/mol. The summed E-state index contributed by atoms with van der Waals surface area (Å²) in [6.07, 6.45) is 4.39. The van der Waals surface area contributed by atoms with Crippen LogP contribution < -0.4 is 0 Å². The van der Waals surface area contributed by atoms with E-state index in [1.807, 2.05) is 0 Å². The van der Waals surface area contributed by atoms with E-state index in [1.165, 1.54) is 19.3 Å². The molecule has 1 aliphatic rings. The van der Waals surface area contributed by atoms with Crippen LogP contribution in [0, 0.1) is 35.5 Å². The Hall–Kier alpha value is 0. The lowest BCUT2D eigenvalue weighted by Crippen LogP contribution is -2.36. The Balaban J connectivity index is 2.48. The highest BCUT2D eigenvalue weighted by Crippen LogP contribution is 2.45. The first kappa shape index (κ1) is 13.1. The molecule has 0 saturated heterocycles. The van der Waals surface area contributed by atoms with Crippen LogP contribution in [0.4, 0.5) is 0 Å². The molecule has 90 valence electrons. The Bertz CT molecular complexity index is 180. The van der Waals surface area contributed by atoms with Gasteiger partial charge in [-0.05, 0) is 48.3 Å². The van der Waals surface area contributed by atoms with Crippen molar-refractivity contribution >= 4 is 0 Å². The molecule has 1 saturated carbocycles. The van der Waals surface area contributed by atoms with Crippen LogP contribution in [0.5, 0.6) is 0 Å². The SMILES string of the molecule is CCC1CCC1C(C)C(C)C(C)C(C)C. The van der Waals surface area contributed by atoms with E-state index < -0.39 is 0 Å². The molecule has 0 aromatic heterocycles. The third-order valence-electron chi connectivity index (χ3n) is 5.39. The summed E-state index contributed by atoms with van der Waals surface area (Å²) in [5.41, 5.74) is 0. The Morgan fingerprint density at radius 1 is 0.933 bits per heavy atom. The Morgan fingerprint density at radius 3 is 1.87 bits per heavy atom. The summed E-state index contributed by atoms with van der Waals surface area (Å²) in [6.45, 7) is 14.5. The molecule has 5 unspecified atom stereocenters. The van der Waals surface area contributed by atoms with Crippen LogP contribution in [-0.2, 0) is 0 Å². The zero-order chi connectivity index (χ0) is 11.6. The van der Waals surface area contributed by atoms with Gasteiger partial charge in [-0.3, -0.25) is 0 Å². The first-order chi connectivity index (χ1) is 6.99. The van der Waals surface area contributed by atoms with E-state index >= 15 is 0 Å². The predicted octanol–water partition coefficient (Wildman–Crippen LogP) is 4.99. The molecule has 0 heterocycles. The lowest BCUT2D eigenvalue weighted by Gasteiger charge is -2.44. The van der Waals surface area contributed by atoms with Gasteiger partial charge in [0, 0.05) is 0 Å². The molecule has 0 bridgehead atoms. The first-order valence-electron chi connectivity index (χ1n) is 6.99. The van der Waals surface area contributed by atoms with E-state index in [0.29, 0.717) is 0 Å².